The molecule has 1 aromatic heterocycles. The summed E-state index contributed by atoms with van der Waals surface area (Å²) in [6.07, 6.45) is 6.03. The van der Waals surface area contributed by atoms with E-state index in [1.54, 1.807) is 24.3 Å². The van der Waals surface area contributed by atoms with Gasteiger partial charge in [0.05, 0.1) is 25.3 Å². The minimum Gasteiger partial charge on any atom is -0.503 e. The van der Waals surface area contributed by atoms with Gasteiger partial charge in [0.2, 0.25) is 5.13 Å². The average Bonchev–Trinajstić information content (AvgIpc) is 3.63. The van der Waals surface area contributed by atoms with E-state index in [-0.39, 0.29) is 10.7 Å². The maximum Gasteiger partial charge on any atom is 0.296 e. The SMILES string of the molecule is CCCCCOc1ccc(C2C(C(=O)/C=C/c3ccccc3)=C(O)C(=O)N2c2nnc(SCc3ccccc3Cl)s2)cc1OC. The van der Waals surface area contributed by atoms with Crippen molar-refractivity contribution in [3.8, 4) is 11.5 Å². The second-order valence-corrected chi connectivity index (χ2v) is 12.7. The normalized spacial score (nSPS) is 14.9. The third-order valence-corrected chi connectivity index (χ3v) is 9.59. The molecule has 1 unspecified atom stereocenters. The highest BCUT2D eigenvalue weighted by molar-refractivity contribution is 8.00. The Labute approximate surface area is 275 Å². The van der Waals surface area contributed by atoms with Gasteiger partial charge in [0.1, 0.15) is 0 Å². The van der Waals surface area contributed by atoms with Gasteiger partial charge in [-0.25, -0.2) is 0 Å². The molecule has 0 saturated heterocycles. The van der Waals surface area contributed by atoms with E-state index in [1.807, 2.05) is 54.6 Å². The highest BCUT2D eigenvalue weighted by atomic mass is 35.5. The van der Waals surface area contributed by atoms with Gasteiger partial charge in [0, 0.05) is 10.8 Å². The number of hydrogen-bond donors (Lipinski definition) is 1. The molecule has 232 valence electrons. The zero-order chi connectivity index (χ0) is 31.8. The van der Waals surface area contributed by atoms with Crippen LogP contribution in [0.4, 0.5) is 5.13 Å². The van der Waals surface area contributed by atoms with Gasteiger partial charge in [-0.1, -0.05) is 115 Å². The van der Waals surface area contributed by atoms with Crippen LogP contribution >= 0.6 is 34.7 Å². The molecule has 0 aliphatic carbocycles. The quantitative estimate of drug-likeness (QED) is 0.0624. The predicted molar refractivity (Wildman–Crippen MR) is 179 cm³/mol. The van der Waals surface area contributed by atoms with Crippen LogP contribution in [0.15, 0.2) is 94.5 Å². The predicted octanol–water partition coefficient (Wildman–Crippen LogP) is 8.24. The maximum absolute atomic E-state index is 13.7. The van der Waals surface area contributed by atoms with E-state index in [0.29, 0.717) is 38.8 Å². The van der Waals surface area contributed by atoms with Gasteiger partial charge >= 0.3 is 0 Å². The molecule has 2 heterocycles. The van der Waals surface area contributed by atoms with Crippen LogP contribution in [0.3, 0.4) is 0 Å². The van der Waals surface area contributed by atoms with Gasteiger partial charge < -0.3 is 14.6 Å². The van der Waals surface area contributed by atoms with E-state index in [0.717, 1.165) is 30.4 Å². The number of methoxy groups -OCH3 is 1. The number of ketones is 1. The van der Waals surface area contributed by atoms with Crippen LogP contribution in [0.2, 0.25) is 5.02 Å². The molecular formula is C34H32ClN3O5S2. The molecular weight excluding hydrogens is 630 g/mol. The summed E-state index contributed by atoms with van der Waals surface area (Å²) in [6, 6.07) is 21.1. The number of aromatic nitrogens is 2. The van der Waals surface area contributed by atoms with Crippen molar-refractivity contribution in [3.63, 3.8) is 0 Å². The van der Waals surface area contributed by atoms with Crippen LogP contribution in [0, 0.1) is 0 Å². The summed E-state index contributed by atoms with van der Waals surface area (Å²) >= 11 is 8.94. The van der Waals surface area contributed by atoms with Crippen molar-refractivity contribution >= 4 is 57.6 Å². The molecule has 4 aromatic rings. The number of ether oxygens (including phenoxy) is 2. The van der Waals surface area contributed by atoms with Gasteiger partial charge in [-0.3, -0.25) is 14.5 Å². The Kier molecular flexibility index (Phi) is 10.9. The molecule has 5 rings (SSSR count). The monoisotopic (exact) mass is 661 g/mol. The lowest BCUT2D eigenvalue weighted by Crippen LogP contribution is -2.30. The molecule has 11 heteroatoms. The summed E-state index contributed by atoms with van der Waals surface area (Å²) in [4.78, 5) is 28.6. The Morgan fingerprint density at radius 2 is 1.84 bits per heavy atom. The molecule has 0 fully saturated rings. The number of aliphatic hydroxyl groups excluding tert-OH is 1. The van der Waals surface area contributed by atoms with Crippen LogP contribution in [0.5, 0.6) is 11.5 Å². The average molecular weight is 662 g/mol. The third kappa shape index (κ3) is 7.58. The zero-order valence-corrected chi connectivity index (χ0v) is 27.2. The molecule has 1 amide bonds. The van der Waals surface area contributed by atoms with Crippen molar-refractivity contribution in [2.24, 2.45) is 0 Å². The zero-order valence-electron chi connectivity index (χ0n) is 24.8. The van der Waals surface area contributed by atoms with Gasteiger partial charge in [-0.15, -0.1) is 10.2 Å². The molecule has 3 aromatic carbocycles. The van der Waals surface area contributed by atoms with Gasteiger partial charge in [0.15, 0.2) is 27.4 Å². The molecule has 0 bridgehead atoms. The van der Waals surface area contributed by atoms with Crippen molar-refractivity contribution in [1.82, 2.24) is 10.2 Å². The minimum absolute atomic E-state index is 0.0636. The fourth-order valence-corrected chi connectivity index (χ4v) is 6.97. The molecule has 1 aliphatic rings. The number of unbranched alkanes of at least 4 members (excludes halogenated alkanes) is 2. The van der Waals surface area contributed by atoms with E-state index in [4.69, 9.17) is 21.1 Å². The Hall–Kier alpha value is -4.12. The van der Waals surface area contributed by atoms with Gasteiger partial charge in [-0.2, -0.15) is 0 Å². The van der Waals surface area contributed by atoms with Crippen molar-refractivity contribution in [2.45, 2.75) is 42.3 Å². The first-order valence-electron chi connectivity index (χ1n) is 14.5. The topological polar surface area (TPSA) is 102 Å². The second kappa shape index (κ2) is 15.2. The number of aliphatic hydroxyl groups is 1. The first kappa shape index (κ1) is 32.3. The number of rotatable bonds is 14. The second-order valence-electron chi connectivity index (χ2n) is 10.1. The van der Waals surface area contributed by atoms with E-state index >= 15 is 0 Å². The number of anilines is 1. The van der Waals surface area contributed by atoms with Crippen molar-refractivity contribution < 1.29 is 24.2 Å². The van der Waals surface area contributed by atoms with Gasteiger partial charge in [-0.05, 0) is 47.4 Å². The van der Waals surface area contributed by atoms with Crippen molar-refractivity contribution in [1.29, 1.82) is 0 Å². The lowest BCUT2D eigenvalue weighted by molar-refractivity contribution is -0.117. The summed E-state index contributed by atoms with van der Waals surface area (Å²) in [5.74, 6) is -0.333. The fourth-order valence-electron chi connectivity index (χ4n) is 4.82. The number of nitrogens with zero attached hydrogens (tertiary/aromatic N) is 3. The third-order valence-electron chi connectivity index (χ3n) is 7.12. The molecule has 1 atom stereocenters. The molecule has 1 N–H and O–H groups in total. The van der Waals surface area contributed by atoms with E-state index in [9.17, 15) is 14.7 Å². The number of amides is 1. The first-order chi connectivity index (χ1) is 21.9. The molecule has 1 aliphatic heterocycles. The molecule has 0 radical (unpaired) electrons. The molecule has 0 saturated carbocycles. The van der Waals surface area contributed by atoms with Crippen LogP contribution in [-0.2, 0) is 15.3 Å². The smallest absolute Gasteiger partial charge is 0.296 e. The van der Waals surface area contributed by atoms with Crippen LogP contribution in [-0.4, -0.2) is 40.7 Å². The van der Waals surface area contributed by atoms with Crippen LogP contribution in [0.1, 0.15) is 48.9 Å². The van der Waals surface area contributed by atoms with Crippen molar-refractivity contribution in [3.05, 3.63) is 112 Å². The number of allylic oxidation sites excluding steroid dienone is 1. The lowest BCUT2D eigenvalue weighted by atomic mass is 9.95. The Morgan fingerprint density at radius 1 is 1.07 bits per heavy atom. The van der Waals surface area contributed by atoms with E-state index < -0.39 is 23.5 Å². The van der Waals surface area contributed by atoms with Crippen LogP contribution in [0.25, 0.3) is 6.08 Å². The first-order valence-corrected chi connectivity index (χ1v) is 16.6. The summed E-state index contributed by atoms with van der Waals surface area (Å²) in [5.41, 5.74) is 2.23. The van der Waals surface area contributed by atoms with Gasteiger partial charge in [0.25, 0.3) is 5.91 Å². The summed E-state index contributed by atoms with van der Waals surface area (Å²) in [7, 11) is 1.53. The number of carbonyl (C=O) groups excluding carboxylic acids is 2. The number of carbonyl (C=O) groups is 2. The Morgan fingerprint density at radius 3 is 2.60 bits per heavy atom. The summed E-state index contributed by atoms with van der Waals surface area (Å²) in [6.45, 7) is 2.66. The highest BCUT2D eigenvalue weighted by Crippen LogP contribution is 2.45. The maximum atomic E-state index is 13.7. The number of halogens is 1. The van der Waals surface area contributed by atoms with E-state index in [2.05, 4.69) is 17.1 Å². The standard InChI is InChI=1S/C34H32ClN3O5S2/c1-3-4-10-19-43-27-18-16-23(20-28(27)42-2)30-29(26(39)17-15-22-11-6-5-7-12-22)31(40)32(41)38(30)33-36-37-34(45-33)44-21-24-13-8-9-14-25(24)35/h5-9,11-18,20,30,40H,3-4,10,19,21H2,1-2H3/b17-15+. The fraction of sp³-hybridized carbons (Fsp3) is 0.235. The minimum atomic E-state index is -0.983. The Balaban J connectivity index is 1.48. The summed E-state index contributed by atoms with van der Waals surface area (Å²) in [5, 5.41) is 20.6. The lowest BCUT2D eigenvalue weighted by Gasteiger charge is -2.24. The number of benzene rings is 3. The molecule has 45 heavy (non-hydrogen) atoms. The molecule has 8 nitrogen and oxygen atoms in total. The largest absolute Gasteiger partial charge is 0.503 e. The number of thioether (sulfide) groups is 1. The number of hydrogen-bond acceptors (Lipinski definition) is 9. The van der Waals surface area contributed by atoms with E-state index in [1.165, 1.54) is 41.2 Å². The Bertz CT molecular complexity index is 1720. The summed E-state index contributed by atoms with van der Waals surface area (Å²) < 4.78 is 12.2. The molecule has 0 spiro atoms. The van der Waals surface area contributed by atoms with Crippen molar-refractivity contribution in [2.75, 3.05) is 18.6 Å². The van der Waals surface area contributed by atoms with Crippen LogP contribution < -0.4 is 14.4 Å². The highest BCUT2D eigenvalue weighted by Gasteiger charge is 2.45.